The lowest BCUT2D eigenvalue weighted by atomic mass is 10.0. The number of phenolic OH excluding ortho intramolecular Hbond substituents is 1. The van der Waals surface area contributed by atoms with Crippen LogP contribution in [-0.2, 0) is 0 Å². The zero-order valence-electron chi connectivity index (χ0n) is 11.7. The molecular formula is C17H14N4O. The number of aromatic nitrogens is 3. The van der Waals surface area contributed by atoms with Gasteiger partial charge in [0.1, 0.15) is 18.1 Å². The van der Waals surface area contributed by atoms with Crippen molar-refractivity contribution in [2.24, 2.45) is 0 Å². The standard InChI is InChI=1S/C17H14N4O/c22-14-8-6-13(7-9-14)16-10-15(12-4-2-1-3-5-12)20-17-18-11-19-21(16)17/h1-11,16,22H,(H,18,19,20)/t16-/m0/s1. The predicted octanol–water partition coefficient (Wildman–Crippen LogP) is 3.04. The molecule has 0 unspecified atom stereocenters. The van der Waals surface area contributed by atoms with Crippen LogP contribution in [0.5, 0.6) is 5.75 Å². The summed E-state index contributed by atoms with van der Waals surface area (Å²) in [5.41, 5.74) is 3.14. The summed E-state index contributed by atoms with van der Waals surface area (Å²) in [4.78, 5) is 4.28. The quantitative estimate of drug-likeness (QED) is 0.761. The normalized spacial score (nSPS) is 16.5. The van der Waals surface area contributed by atoms with Crippen LogP contribution in [0.2, 0.25) is 0 Å². The van der Waals surface area contributed by atoms with Crippen LogP contribution in [0.1, 0.15) is 17.2 Å². The van der Waals surface area contributed by atoms with Crippen molar-refractivity contribution in [3.8, 4) is 5.75 Å². The number of hydrogen-bond acceptors (Lipinski definition) is 4. The van der Waals surface area contributed by atoms with Gasteiger partial charge in [-0.2, -0.15) is 10.1 Å². The van der Waals surface area contributed by atoms with Crippen LogP contribution in [0.3, 0.4) is 0 Å². The summed E-state index contributed by atoms with van der Waals surface area (Å²) < 4.78 is 1.83. The highest BCUT2D eigenvalue weighted by Crippen LogP contribution is 2.32. The van der Waals surface area contributed by atoms with E-state index < -0.39 is 0 Å². The molecule has 5 heteroatoms. The Morgan fingerprint density at radius 3 is 2.55 bits per heavy atom. The van der Waals surface area contributed by atoms with E-state index in [2.05, 4.69) is 33.6 Å². The van der Waals surface area contributed by atoms with Gasteiger partial charge in [0.25, 0.3) is 0 Å². The first-order chi connectivity index (χ1) is 10.8. The highest BCUT2D eigenvalue weighted by Gasteiger charge is 2.23. The minimum Gasteiger partial charge on any atom is -0.508 e. The molecule has 108 valence electrons. The Morgan fingerprint density at radius 1 is 1.00 bits per heavy atom. The smallest absolute Gasteiger partial charge is 0.226 e. The van der Waals surface area contributed by atoms with Crippen molar-refractivity contribution in [2.75, 3.05) is 5.32 Å². The average molecular weight is 290 g/mol. The van der Waals surface area contributed by atoms with E-state index in [-0.39, 0.29) is 11.8 Å². The monoisotopic (exact) mass is 290 g/mol. The molecule has 3 aromatic rings. The van der Waals surface area contributed by atoms with Gasteiger partial charge in [0.2, 0.25) is 5.95 Å². The average Bonchev–Trinajstić information content (AvgIpc) is 3.04. The predicted molar refractivity (Wildman–Crippen MR) is 84.3 cm³/mol. The first-order valence-corrected chi connectivity index (χ1v) is 7.04. The number of fused-ring (bicyclic) bond motifs is 1. The molecule has 1 aromatic heterocycles. The number of nitrogens with one attached hydrogen (secondary N) is 1. The Morgan fingerprint density at radius 2 is 1.77 bits per heavy atom. The topological polar surface area (TPSA) is 63.0 Å². The lowest BCUT2D eigenvalue weighted by Crippen LogP contribution is -2.20. The van der Waals surface area contributed by atoms with Gasteiger partial charge in [-0.15, -0.1) is 0 Å². The second-order valence-corrected chi connectivity index (χ2v) is 5.14. The van der Waals surface area contributed by atoms with Gasteiger partial charge in [0.05, 0.1) is 0 Å². The molecule has 2 heterocycles. The second kappa shape index (κ2) is 5.04. The third-order valence-electron chi connectivity index (χ3n) is 3.73. The Balaban J connectivity index is 1.81. The van der Waals surface area contributed by atoms with Crippen molar-refractivity contribution in [1.29, 1.82) is 0 Å². The molecule has 0 saturated carbocycles. The summed E-state index contributed by atoms with van der Waals surface area (Å²) in [5.74, 6) is 0.961. The molecule has 4 rings (SSSR count). The molecule has 22 heavy (non-hydrogen) atoms. The summed E-state index contributed by atoms with van der Waals surface area (Å²) in [6.45, 7) is 0. The van der Waals surface area contributed by atoms with Crippen LogP contribution < -0.4 is 5.32 Å². The lowest BCUT2D eigenvalue weighted by molar-refractivity contribution is 0.474. The largest absolute Gasteiger partial charge is 0.508 e. The molecule has 1 aliphatic rings. The number of hydrogen-bond donors (Lipinski definition) is 2. The number of aromatic hydroxyl groups is 1. The maximum Gasteiger partial charge on any atom is 0.226 e. The minimum absolute atomic E-state index is 0.0606. The van der Waals surface area contributed by atoms with Gasteiger partial charge in [0.15, 0.2) is 0 Å². The molecule has 1 atom stereocenters. The Kier molecular flexibility index (Phi) is 2.89. The molecule has 0 saturated heterocycles. The second-order valence-electron chi connectivity index (χ2n) is 5.14. The first-order valence-electron chi connectivity index (χ1n) is 7.04. The number of phenols is 1. The Bertz CT molecular complexity index is 821. The summed E-state index contributed by atoms with van der Waals surface area (Å²) in [6.07, 6.45) is 3.65. The molecule has 2 aromatic carbocycles. The number of anilines is 1. The summed E-state index contributed by atoms with van der Waals surface area (Å²) in [6, 6.07) is 17.2. The van der Waals surface area contributed by atoms with Gasteiger partial charge < -0.3 is 10.4 Å². The highest BCUT2D eigenvalue weighted by molar-refractivity contribution is 5.77. The minimum atomic E-state index is -0.0606. The van der Waals surface area contributed by atoms with Crippen LogP contribution in [0.15, 0.2) is 67.0 Å². The molecule has 0 bridgehead atoms. The Hall–Kier alpha value is -3.08. The number of benzene rings is 2. The van der Waals surface area contributed by atoms with E-state index in [1.54, 1.807) is 12.1 Å². The maximum absolute atomic E-state index is 9.48. The van der Waals surface area contributed by atoms with Crippen LogP contribution in [0, 0.1) is 0 Å². The van der Waals surface area contributed by atoms with E-state index >= 15 is 0 Å². The van der Waals surface area contributed by atoms with E-state index in [4.69, 9.17) is 0 Å². The molecule has 0 fully saturated rings. The molecule has 0 aliphatic carbocycles. The molecule has 0 amide bonds. The maximum atomic E-state index is 9.48. The SMILES string of the molecule is Oc1ccc([C@@H]2C=C(c3ccccc3)Nc3ncnn32)cc1. The van der Waals surface area contributed by atoms with Crippen molar-refractivity contribution in [3.05, 3.63) is 78.1 Å². The van der Waals surface area contributed by atoms with E-state index in [9.17, 15) is 5.11 Å². The fraction of sp³-hybridized carbons (Fsp3) is 0.0588. The molecule has 5 nitrogen and oxygen atoms in total. The van der Waals surface area contributed by atoms with E-state index in [1.165, 1.54) is 6.33 Å². The Labute approximate surface area is 127 Å². The van der Waals surface area contributed by atoms with Crippen LogP contribution in [0.25, 0.3) is 5.70 Å². The number of rotatable bonds is 2. The van der Waals surface area contributed by atoms with Crippen LogP contribution in [0.4, 0.5) is 5.95 Å². The van der Waals surface area contributed by atoms with Gasteiger partial charge >= 0.3 is 0 Å². The first kappa shape index (κ1) is 12.6. The zero-order chi connectivity index (χ0) is 14.9. The molecular weight excluding hydrogens is 276 g/mol. The van der Waals surface area contributed by atoms with E-state index in [0.29, 0.717) is 5.95 Å². The van der Waals surface area contributed by atoms with Crippen molar-refractivity contribution < 1.29 is 5.11 Å². The summed E-state index contributed by atoms with van der Waals surface area (Å²) in [7, 11) is 0. The van der Waals surface area contributed by atoms with Gasteiger partial charge in [-0.05, 0) is 29.3 Å². The van der Waals surface area contributed by atoms with Gasteiger partial charge in [-0.1, -0.05) is 42.5 Å². The van der Waals surface area contributed by atoms with Crippen molar-refractivity contribution in [3.63, 3.8) is 0 Å². The third kappa shape index (κ3) is 2.13. The molecule has 0 spiro atoms. The van der Waals surface area contributed by atoms with Crippen LogP contribution >= 0.6 is 0 Å². The van der Waals surface area contributed by atoms with E-state index in [0.717, 1.165) is 16.8 Å². The third-order valence-corrected chi connectivity index (χ3v) is 3.73. The zero-order valence-corrected chi connectivity index (χ0v) is 11.7. The number of nitrogens with zero attached hydrogens (tertiary/aromatic N) is 3. The van der Waals surface area contributed by atoms with E-state index in [1.807, 2.05) is 35.0 Å². The molecule has 2 N–H and O–H groups in total. The van der Waals surface area contributed by atoms with Gasteiger partial charge in [-0.25, -0.2) is 4.68 Å². The van der Waals surface area contributed by atoms with Crippen LogP contribution in [-0.4, -0.2) is 19.9 Å². The summed E-state index contributed by atoms with van der Waals surface area (Å²) >= 11 is 0. The summed E-state index contributed by atoms with van der Waals surface area (Å²) in [5, 5.41) is 17.1. The van der Waals surface area contributed by atoms with Crippen molar-refractivity contribution >= 4 is 11.6 Å². The highest BCUT2D eigenvalue weighted by atomic mass is 16.3. The molecule has 1 aliphatic heterocycles. The number of allylic oxidation sites excluding steroid dienone is 1. The molecule has 0 radical (unpaired) electrons. The van der Waals surface area contributed by atoms with Gasteiger partial charge in [0, 0.05) is 5.70 Å². The fourth-order valence-corrected chi connectivity index (χ4v) is 2.63. The van der Waals surface area contributed by atoms with Gasteiger partial charge in [-0.3, -0.25) is 0 Å². The lowest BCUT2D eigenvalue weighted by Gasteiger charge is -2.24. The fourth-order valence-electron chi connectivity index (χ4n) is 2.63. The van der Waals surface area contributed by atoms with Crippen molar-refractivity contribution in [1.82, 2.24) is 14.8 Å². The van der Waals surface area contributed by atoms with Crippen molar-refractivity contribution in [2.45, 2.75) is 6.04 Å².